The molecule has 2 rings (SSSR count). The number of halogens is 1. The van der Waals surface area contributed by atoms with Gasteiger partial charge in [-0.2, -0.15) is 0 Å². The van der Waals surface area contributed by atoms with E-state index in [0.29, 0.717) is 17.4 Å². The van der Waals surface area contributed by atoms with Crippen LogP contribution in [0.15, 0.2) is 12.1 Å². The third-order valence-electron chi connectivity index (χ3n) is 2.91. The lowest BCUT2D eigenvalue weighted by molar-refractivity contribution is 0.0692. The van der Waals surface area contributed by atoms with Gasteiger partial charge in [-0.15, -0.1) is 0 Å². The van der Waals surface area contributed by atoms with E-state index in [4.69, 9.17) is 9.84 Å². The molecule has 2 N–H and O–H groups in total. The summed E-state index contributed by atoms with van der Waals surface area (Å²) >= 11 is 0. The number of ether oxygens (including phenoxy) is 1. The molecule has 1 aromatic carbocycles. The van der Waals surface area contributed by atoms with Crippen LogP contribution in [0.4, 0.5) is 4.39 Å². The summed E-state index contributed by atoms with van der Waals surface area (Å²) in [6.45, 7) is 1.75. The number of nitrogens with zero attached hydrogens (tertiary/aromatic N) is 1. The van der Waals surface area contributed by atoms with E-state index in [0.717, 1.165) is 6.07 Å². The van der Waals surface area contributed by atoms with Gasteiger partial charge in [0.15, 0.2) is 11.6 Å². The number of carbonyl (C=O) groups is 1. The number of methoxy groups -OCH3 is 1. The molecule has 0 fully saturated rings. The van der Waals surface area contributed by atoms with Crippen LogP contribution in [0, 0.1) is 5.82 Å². The van der Waals surface area contributed by atoms with Gasteiger partial charge < -0.3 is 14.9 Å². The lowest BCUT2D eigenvalue weighted by Gasteiger charge is -2.11. The van der Waals surface area contributed by atoms with Crippen molar-refractivity contribution in [1.29, 1.82) is 0 Å². The Morgan fingerprint density at radius 2 is 2.16 bits per heavy atom. The minimum Gasteiger partial charge on any atom is -0.494 e. The maximum Gasteiger partial charge on any atom is 0.341 e. The molecule has 0 aliphatic carbocycles. The molecular weight excluding hydrogens is 253 g/mol. The van der Waals surface area contributed by atoms with Crippen LogP contribution >= 0.6 is 0 Å². The van der Waals surface area contributed by atoms with Crippen LogP contribution in [0.2, 0.25) is 0 Å². The van der Waals surface area contributed by atoms with Gasteiger partial charge in [-0.3, -0.25) is 0 Å². The van der Waals surface area contributed by atoms with E-state index < -0.39 is 17.7 Å². The van der Waals surface area contributed by atoms with Crippen LogP contribution in [0.3, 0.4) is 0 Å². The Morgan fingerprint density at radius 1 is 1.47 bits per heavy atom. The number of hydrogen-bond acceptors (Lipinski definition) is 4. The van der Waals surface area contributed by atoms with Gasteiger partial charge in [0.05, 0.1) is 12.6 Å². The minimum absolute atomic E-state index is 0.00558. The highest BCUT2D eigenvalue weighted by Gasteiger charge is 2.20. The molecule has 0 saturated heterocycles. The van der Waals surface area contributed by atoms with Gasteiger partial charge in [-0.05, 0) is 18.1 Å². The average Bonchev–Trinajstić information content (AvgIpc) is 2.35. The maximum absolute atomic E-state index is 13.6. The van der Waals surface area contributed by atoms with Crippen molar-refractivity contribution in [2.75, 3.05) is 7.11 Å². The smallest absolute Gasteiger partial charge is 0.341 e. The second kappa shape index (κ2) is 4.72. The summed E-state index contributed by atoms with van der Waals surface area (Å²) in [5.41, 5.74) is 0.328. The Bertz CT molecular complexity index is 669. The van der Waals surface area contributed by atoms with Crippen molar-refractivity contribution in [2.24, 2.45) is 0 Å². The highest BCUT2D eigenvalue weighted by atomic mass is 19.1. The van der Waals surface area contributed by atoms with Crippen molar-refractivity contribution in [3.8, 4) is 11.6 Å². The molecule has 0 spiro atoms. The third-order valence-corrected chi connectivity index (χ3v) is 2.91. The van der Waals surface area contributed by atoms with Crippen molar-refractivity contribution in [3.05, 3.63) is 29.1 Å². The number of aromatic carboxylic acids is 1. The van der Waals surface area contributed by atoms with Gasteiger partial charge >= 0.3 is 5.97 Å². The van der Waals surface area contributed by atoms with E-state index >= 15 is 0 Å². The predicted octanol–water partition coefficient (Wildman–Crippen LogP) is 2.35. The number of fused-ring (bicyclic) bond motifs is 1. The number of carboxylic acids is 1. The molecule has 6 heteroatoms. The number of aryl methyl sites for hydroxylation is 1. The van der Waals surface area contributed by atoms with Crippen LogP contribution in [-0.4, -0.2) is 28.3 Å². The molecule has 0 unspecified atom stereocenters. The zero-order valence-electron chi connectivity index (χ0n) is 10.4. The van der Waals surface area contributed by atoms with E-state index in [1.54, 1.807) is 6.92 Å². The zero-order chi connectivity index (χ0) is 14.2. The minimum atomic E-state index is -1.27. The molecule has 0 amide bonds. The lowest BCUT2D eigenvalue weighted by Crippen LogP contribution is -2.05. The molecule has 0 aliphatic rings. The Balaban J connectivity index is 2.91. The Morgan fingerprint density at radius 3 is 2.68 bits per heavy atom. The summed E-state index contributed by atoms with van der Waals surface area (Å²) in [6.07, 6.45) is 0.364. The molecule has 2 aromatic rings. The van der Waals surface area contributed by atoms with E-state index in [-0.39, 0.29) is 16.8 Å². The molecule has 5 nitrogen and oxygen atoms in total. The first-order valence-electron chi connectivity index (χ1n) is 5.62. The number of pyridine rings is 1. The fourth-order valence-electron chi connectivity index (χ4n) is 2.07. The van der Waals surface area contributed by atoms with Crippen molar-refractivity contribution < 1.29 is 24.1 Å². The largest absolute Gasteiger partial charge is 0.494 e. The normalized spacial score (nSPS) is 10.7. The van der Waals surface area contributed by atoms with Gasteiger partial charge in [0.25, 0.3) is 0 Å². The van der Waals surface area contributed by atoms with Gasteiger partial charge in [-0.1, -0.05) is 6.92 Å². The molecule has 1 heterocycles. The summed E-state index contributed by atoms with van der Waals surface area (Å²) in [5, 5.41) is 19.2. The fraction of sp³-hybridized carbons (Fsp3) is 0.231. The Kier molecular flexibility index (Phi) is 3.25. The molecule has 1 aromatic heterocycles. The number of benzene rings is 1. The topological polar surface area (TPSA) is 79.7 Å². The standard InChI is InChI=1S/C13H12FNO4/c1-3-6-7-4-10(19-2)8(14)5-9(7)15-12(16)11(6)13(17)18/h4-5H,3H2,1-2H3,(H,15,16)(H,17,18). The first-order valence-corrected chi connectivity index (χ1v) is 5.62. The highest BCUT2D eigenvalue weighted by molar-refractivity contribution is 5.99. The second-order valence-corrected chi connectivity index (χ2v) is 3.95. The van der Waals surface area contributed by atoms with Crippen LogP contribution in [0.25, 0.3) is 10.9 Å². The van der Waals surface area contributed by atoms with Crippen LogP contribution in [-0.2, 0) is 6.42 Å². The average molecular weight is 265 g/mol. The predicted molar refractivity (Wildman–Crippen MR) is 66.3 cm³/mol. The summed E-state index contributed by atoms with van der Waals surface area (Å²) in [7, 11) is 1.32. The summed E-state index contributed by atoms with van der Waals surface area (Å²) in [5.74, 6) is -2.49. The third kappa shape index (κ3) is 2.05. The monoisotopic (exact) mass is 265 g/mol. The van der Waals surface area contributed by atoms with Gasteiger partial charge in [0, 0.05) is 11.5 Å². The number of hydrogen-bond donors (Lipinski definition) is 2. The molecule has 0 atom stereocenters. The highest BCUT2D eigenvalue weighted by Crippen LogP contribution is 2.32. The van der Waals surface area contributed by atoms with Gasteiger partial charge in [0.1, 0.15) is 5.56 Å². The quantitative estimate of drug-likeness (QED) is 0.890. The van der Waals surface area contributed by atoms with Crippen LogP contribution in [0.1, 0.15) is 22.8 Å². The van der Waals surface area contributed by atoms with Crippen molar-refractivity contribution >= 4 is 16.9 Å². The first kappa shape index (κ1) is 13.1. The fourth-order valence-corrected chi connectivity index (χ4v) is 2.07. The first-order chi connectivity index (χ1) is 8.99. The van der Waals surface area contributed by atoms with Gasteiger partial charge in [-0.25, -0.2) is 14.2 Å². The van der Waals surface area contributed by atoms with E-state index in [1.165, 1.54) is 13.2 Å². The Labute approximate surface area is 108 Å². The van der Waals surface area contributed by atoms with E-state index in [9.17, 15) is 14.3 Å². The number of aromatic hydroxyl groups is 1. The molecule has 0 aliphatic heterocycles. The van der Waals surface area contributed by atoms with Gasteiger partial charge in [0.2, 0.25) is 5.88 Å². The second-order valence-electron chi connectivity index (χ2n) is 3.95. The maximum atomic E-state index is 13.6. The van der Waals surface area contributed by atoms with Crippen molar-refractivity contribution in [2.45, 2.75) is 13.3 Å². The number of rotatable bonds is 3. The number of carboxylic acid groups (broad SMARTS) is 1. The summed E-state index contributed by atoms with van der Waals surface area (Å²) in [4.78, 5) is 14.9. The number of aromatic nitrogens is 1. The molecule has 0 radical (unpaired) electrons. The summed E-state index contributed by atoms with van der Waals surface area (Å²) < 4.78 is 18.5. The summed E-state index contributed by atoms with van der Waals surface area (Å²) in [6, 6.07) is 2.50. The van der Waals surface area contributed by atoms with E-state index in [1.807, 2.05) is 0 Å². The zero-order valence-corrected chi connectivity index (χ0v) is 10.4. The Hall–Kier alpha value is -2.37. The van der Waals surface area contributed by atoms with Crippen LogP contribution in [0.5, 0.6) is 11.6 Å². The van der Waals surface area contributed by atoms with E-state index in [2.05, 4.69) is 4.98 Å². The lowest BCUT2D eigenvalue weighted by atomic mass is 10.0. The van der Waals surface area contributed by atoms with Crippen molar-refractivity contribution in [3.63, 3.8) is 0 Å². The van der Waals surface area contributed by atoms with Crippen LogP contribution < -0.4 is 4.74 Å². The molecule has 100 valence electrons. The molecule has 0 bridgehead atoms. The molecular formula is C13H12FNO4. The molecule has 19 heavy (non-hydrogen) atoms. The van der Waals surface area contributed by atoms with Crippen molar-refractivity contribution in [1.82, 2.24) is 4.98 Å². The molecule has 0 saturated carbocycles. The SMILES string of the molecule is CCc1c(C(=O)O)c(O)nc2cc(F)c(OC)cc12.